The lowest BCUT2D eigenvalue weighted by molar-refractivity contribution is -0.132. The van der Waals surface area contributed by atoms with Crippen LogP contribution in [0.5, 0.6) is 11.5 Å². The smallest absolute Gasteiger partial charge is 0.308 e. The van der Waals surface area contributed by atoms with Crippen LogP contribution in [0.25, 0.3) is 0 Å². The molecule has 7 nitrogen and oxygen atoms in total. The van der Waals surface area contributed by atoms with Gasteiger partial charge in [-0.05, 0) is 36.4 Å². The molecule has 1 amide bonds. The van der Waals surface area contributed by atoms with Crippen LogP contribution >= 0.6 is 11.6 Å². The van der Waals surface area contributed by atoms with Crippen molar-refractivity contribution in [2.75, 3.05) is 0 Å². The van der Waals surface area contributed by atoms with Gasteiger partial charge in [0.25, 0.3) is 5.91 Å². The van der Waals surface area contributed by atoms with Gasteiger partial charge in [0.15, 0.2) is 0 Å². The van der Waals surface area contributed by atoms with E-state index in [1.807, 2.05) is 0 Å². The fraction of sp³-hybridized carbons (Fsp3) is 0.111. The second-order valence-corrected chi connectivity index (χ2v) is 5.53. The van der Waals surface area contributed by atoms with Crippen LogP contribution in [0.15, 0.2) is 47.6 Å². The Hall–Kier alpha value is -3.19. The molecule has 1 N–H and O–H groups in total. The Morgan fingerprint density at radius 2 is 1.65 bits per heavy atom. The van der Waals surface area contributed by atoms with Gasteiger partial charge in [0.1, 0.15) is 11.5 Å². The Labute approximate surface area is 154 Å². The normalized spacial score (nSPS) is 10.4. The van der Waals surface area contributed by atoms with Crippen LogP contribution < -0.4 is 14.9 Å². The number of amides is 1. The maximum Gasteiger partial charge on any atom is 0.308 e. The van der Waals surface area contributed by atoms with Crippen molar-refractivity contribution >= 4 is 35.7 Å². The van der Waals surface area contributed by atoms with E-state index in [1.165, 1.54) is 38.3 Å². The summed E-state index contributed by atoms with van der Waals surface area (Å²) in [4.78, 5) is 34.2. The molecule has 134 valence electrons. The van der Waals surface area contributed by atoms with E-state index < -0.39 is 17.8 Å². The number of nitrogens with zero attached hydrogens (tertiary/aromatic N) is 1. The van der Waals surface area contributed by atoms with Gasteiger partial charge in [0.05, 0.1) is 6.21 Å². The first-order valence-electron chi connectivity index (χ1n) is 7.45. The summed E-state index contributed by atoms with van der Waals surface area (Å²) in [5.74, 6) is -1.12. The van der Waals surface area contributed by atoms with Crippen molar-refractivity contribution in [2.45, 2.75) is 13.8 Å². The number of carbonyl (C=O) groups excluding carboxylic acids is 3. The van der Waals surface area contributed by atoms with E-state index in [2.05, 4.69) is 10.5 Å². The summed E-state index contributed by atoms with van der Waals surface area (Å²) in [6, 6.07) is 10.7. The number of halogens is 1. The van der Waals surface area contributed by atoms with E-state index in [1.54, 1.807) is 24.3 Å². The molecular weight excluding hydrogens is 360 g/mol. The molecule has 0 radical (unpaired) electrons. The number of hydrazone groups is 1. The Kier molecular flexibility index (Phi) is 6.46. The van der Waals surface area contributed by atoms with Crippen LogP contribution in [0, 0.1) is 0 Å². The molecule has 0 heterocycles. The quantitative estimate of drug-likeness (QED) is 0.376. The van der Waals surface area contributed by atoms with Crippen molar-refractivity contribution in [2.24, 2.45) is 5.10 Å². The molecule has 0 saturated heterocycles. The summed E-state index contributed by atoms with van der Waals surface area (Å²) < 4.78 is 10.0. The molecule has 0 aliphatic carbocycles. The summed E-state index contributed by atoms with van der Waals surface area (Å²) in [7, 11) is 0. The van der Waals surface area contributed by atoms with Gasteiger partial charge in [-0.2, -0.15) is 5.10 Å². The number of carbonyl (C=O) groups is 3. The van der Waals surface area contributed by atoms with Crippen molar-refractivity contribution in [3.63, 3.8) is 0 Å². The van der Waals surface area contributed by atoms with E-state index in [-0.39, 0.29) is 11.5 Å². The standard InChI is InChI=1S/C18H15ClN2O5/c1-11(22)25-16-8-5-14(17(9-16)26-12(2)23)10-20-21-18(24)13-3-6-15(19)7-4-13/h3-10H,1-2H3,(H,21,24)/b20-10+. The Balaban J connectivity index is 2.14. The lowest BCUT2D eigenvalue weighted by Gasteiger charge is -2.08. The summed E-state index contributed by atoms with van der Waals surface area (Å²) in [5.41, 5.74) is 3.15. The van der Waals surface area contributed by atoms with E-state index in [0.717, 1.165) is 0 Å². The van der Waals surface area contributed by atoms with E-state index in [9.17, 15) is 14.4 Å². The van der Waals surface area contributed by atoms with Crippen LogP contribution in [-0.4, -0.2) is 24.1 Å². The van der Waals surface area contributed by atoms with Gasteiger partial charge in [-0.3, -0.25) is 14.4 Å². The van der Waals surface area contributed by atoms with Crippen molar-refractivity contribution < 1.29 is 23.9 Å². The lowest BCUT2D eigenvalue weighted by atomic mass is 10.2. The average molecular weight is 375 g/mol. The average Bonchev–Trinajstić information content (AvgIpc) is 2.56. The van der Waals surface area contributed by atoms with Crippen molar-refractivity contribution in [3.8, 4) is 11.5 Å². The fourth-order valence-electron chi connectivity index (χ4n) is 1.92. The molecule has 2 aromatic carbocycles. The molecule has 0 atom stereocenters. The third kappa shape index (κ3) is 5.71. The van der Waals surface area contributed by atoms with Gasteiger partial charge >= 0.3 is 11.9 Å². The van der Waals surface area contributed by atoms with Crippen LogP contribution in [0.4, 0.5) is 0 Å². The predicted octanol–water partition coefficient (Wildman–Crippen LogP) is 2.95. The van der Waals surface area contributed by atoms with Gasteiger partial charge in [-0.1, -0.05) is 11.6 Å². The third-order valence-corrected chi connectivity index (χ3v) is 3.23. The third-order valence-electron chi connectivity index (χ3n) is 2.98. The molecule has 8 heteroatoms. The van der Waals surface area contributed by atoms with E-state index >= 15 is 0 Å². The first kappa shape index (κ1) is 19.1. The first-order valence-corrected chi connectivity index (χ1v) is 7.83. The highest BCUT2D eigenvalue weighted by molar-refractivity contribution is 6.30. The summed E-state index contributed by atoms with van der Waals surface area (Å²) in [6.07, 6.45) is 1.31. The molecule has 0 aliphatic rings. The SMILES string of the molecule is CC(=O)Oc1ccc(/C=N/NC(=O)c2ccc(Cl)cc2)c(OC(C)=O)c1. The van der Waals surface area contributed by atoms with Crippen LogP contribution in [0.2, 0.25) is 5.02 Å². The fourth-order valence-corrected chi connectivity index (χ4v) is 2.05. The van der Waals surface area contributed by atoms with Crippen molar-refractivity contribution in [1.82, 2.24) is 5.43 Å². The molecule has 0 unspecified atom stereocenters. The molecule has 26 heavy (non-hydrogen) atoms. The van der Waals surface area contributed by atoms with Crippen molar-refractivity contribution in [3.05, 3.63) is 58.6 Å². The molecule has 0 saturated carbocycles. The van der Waals surface area contributed by atoms with E-state index in [4.69, 9.17) is 21.1 Å². The van der Waals surface area contributed by atoms with Gasteiger partial charge in [-0.25, -0.2) is 5.43 Å². The maximum atomic E-state index is 12.0. The number of benzene rings is 2. The minimum absolute atomic E-state index is 0.140. The monoisotopic (exact) mass is 374 g/mol. The van der Waals surface area contributed by atoms with Gasteiger partial charge < -0.3 is 9.47 Å². The largest absolute Gasteiger partial charge is 0.427 e. The number of esters is 2. The Bertz CT molecular complexity index is 862. The first-order chi connectivity index (χ1) is 12.3. The van der Waals surface area contributed by atoms with Crippen LogP contribution in [0.1, 0.15) is 29.8 Å². The van der Waals surface area contributed by atoms with Crippen molar-refractivity contribution in [1.29, 1.82) is 0 Å². The number of hydrogen-bond donors (Lipinski definition) is 1. The second-order valence-electron chi connectivity index (χ2n) is 5.09. The summed E-state index contributed by atoms with van der Waals surface area (Å²) in [5, 5.41) is 4.36. The molecular formula is C18H15ClN2O5. The highest BCUT2D eigenvalue weighted by Gasteiger charge is 2.09. The zero-order valence-electron chi connectivity index (χ0n) is 14.0. The Morgan fingerprint density at radius 3 is 2.27 bits per heavy atom. The van der Waals surface area contributed by atoms with Crippen LogP contribution in [-0.2, 0) is 9.59 Å². The summed E-state index contributed by atoms with van der Waals surface area (Å²) in [6.45, 7) is 2.49. The second kappa shape index (κ2) is 8.77. The number of ether oxygens (including phenoxy) is 2. The maximum absolute atomic E-state index is 12.0. The molecule has 0 fully saturated rings. The van der Waals surface area contributed by atoms with Crippen LogP contribution in [0.3, 0.4) is 0 Å². The summed E-state index contributed by atoms with van der Waals surface area (Å²) >= 11 is 5.77. The zero-order valence-corrected chi connectivity index (χ0v) is 14.7. The number of nitrogens with one attached hydrogen (secondary N) is 1. The lowest BCUT2D eigenvalue weighted by Crippen LogP contribution is -2.17. The minimum Gasteiger partial charge on any atom is -0.427 e. The van der Waals surface area contributed by atoms with Gasteiger partial charge in [0.2, 0.25) is 0 Å². The zero-order chi connectivity index (χ0) is 19.1. The highest BCUT2D eigenvalue weighted by atomic mass is 35.5. The highest BCUT2D eigenvalue weighted by Crippen LogP contribution is 2.24. The predicted molar refractivity (Wildman–Crippen MR) is 95.6 cm³/mol. The molecule has 0 aromatic heterocycles. The van der Waals surface area contributed by atoms with Gasteiger partial charge in [-0.15, -0.1) is 0 Å². The number of hydrogen-bond acceptors (Lipinski definition) is 6. The molecule has 2 rings (SSSR count). The molecule has 0 aliphatic heterocycles. The minimum atomic E-state index is -0.551. The molecule has 2 aromatic rings. The molecule has 0 bridgehead atoms. The Morgan fingerprint density at radius 1 is 1.00 bits per heavy atom. The number of rotatable bonds is 5. The van der Waals surface area contributed by atoms with E-state index in [0.29, 0.717) is 16.1 Å². The topological polar surface area (TPSA) is 94.1 Å². The van der Waals surface area contributed by atoms with Gasteiger partial charge in [0, 0.05) is 36.1 Å². The molecule has 0 spiro atoms.